The van der Waals surface area contributed by atoms with Crippen LogP contribution < -0.4 is 0 Å². The molecule has 0 aromatic heterocycles. The third kappa shape index (κ3) is 2.50. The molecule has 2 aliphatic rings. The quantitative estimate of drug-likeness (QED) is 0.221. The maximum Gasteiger partial charge on any atom is 0.333 e. The van der Waals surface area contributed by atoms with E-state index in [2.05, 4.69) is 4.74 Å². The van der Waals surface area contributed by atoms with Gasteiger partial charge in [0.1, 0.15) is 11.4 Å². The second-order valence-corrected chi connectivity index (χ2v) is 9.70. The van der Waals surface area contributed by atoms with Gasteiger partial charge in [0.25, 0.3) is 5.91 Å². The van der Waals surface area contributed by atoms with Crippen LogP contribution in [0, 0.1) is 0 Å². The summed E-state index contributed by atoms with van der Waals surface area (Å²) in [7, 11) is 0. The normalized spacial score (nSPS) is 34.2. The van der Waals surface area contributed by atoms with Gasteiger partial charge in [-0.15, -0.1) is 11.8 Å². The Bertz CT molecular complexity index is 483. The number of fused-ring (bicyclic) bond motifs is 1. The van der Waals surface area contributed by atoms with Crippen molar-refractivity contribution in [1.82, 2.24) is 4.90 Å². The van der Waals surface area contributed by atoms with Crippen molar-refractivity contribution in [2.45, 2.75) is 39.8 Å². The van der Waals surface area contributed by atoms with Gasteiger partial charge in [-0.3, -0.25) is 9.59 Å². The van der Waals surface area contributed by atoms with Crippen LogP contribution in [0.25, 0.3) is 0 Å². The van der Waals surface area contributed by atoms with Gasteiger partial charge in [0.2, 0.25) is 9.67 Å². The summed E-state index contributed by atoms with van der Waals surface area (Å²) in [5, 5.41) is -0.265. The van der Waals surface area contributed by atoms with Gasteiger partial charge >= 0.3 is 11.9 Å². The van der Waals surface area contributed by atoms with E-state index in [0.717, 1.165) is 0 Å². The van der Waals surface area contributed by atoms with Crippen LogP contribution in [0.15, 0.2) is 0 Å². The van der Waals surface area contributed by atoms with E-state index in [9.17, 15) is 14.4 Å². The summed E-state index contributed by atoms with van der Waals surface area (Å²) in [5.74, 6) is -1.43. The summed E-state index contributed by atoms with van der Waals surface area (Å²) in [6.45, 7) is 4.47. The number of amides is 1. The molecule has 0 N–H and O–H groups in total. The van der Waals surface area contributed by atoms with Crippen LogP contribution >= 0.6 is 46.0 Å². The topological polar surface area (TPSA) is 72.9 Å². The molecule has 0 radical (unpaired) electrons. The number of alkyl halides is 2. The Morgan fingerprint density at radius 3 is 2.60 bits per heavy atom. The van der Waals surface area contributed by atoms with E-state index in [1.165, 1.54) is 23.6 Å². The molecule has 1 unspecified atom stereocenters. The Hall–Kier alpha value is -0.220. The molecule has 6 nitrogen and oxygen atoms in total. The molecule has 0 aromatic rings. The predicted octanol–water partition coefficient (Wildman–Crippen LogP) is 1.48. The number of esters is 2. The predicted molar refractivity (Wildman–Crippen MR) is 81.4 cm³/mol. The molecule has 0 spiro atoms. The van der Waals surface area contributed by atoms with Gasteiger partial charge < -0.3 is 14.4 Å². The SMILES string of the molecule is CC(=O)OCOC(=O)[C@@H]1N2C(=O)C(Cl)(I)[C@H]2SC1(C)C. The van der Waals surface area contributed by atoms with Crippen LogP contribution in [0.5, 0.6) is 0 Å². The first-order chi connectivity index (χ1) is 9.09. The van der Waals surface area contributed by atoms with Crippen LogP contribution in [-0.4, -0.2) is 48.6 Å². The molecule has 2 heterocycles. The number of carbonyl (C=O) groups excluding carboxylic acids is 3. The van der Waals surface area contributed by atoms with E-state index in [1.54, 1.807) is 0 Å². The minimum atomic E-state index is -1.01. The number of carbonyl (C=O) groups is 3. The second-order valence-electron chi connectivity index (χ2n) is 5.03. The first kappa shape index (κ1) is 16.2. The maximum atomic E-state index is 12.1. The summed E-state index contributed by atoms with van der Waals surface area (Å²) >= 11 is 9.50. The summed E-state index contributed by atoms with van der Waals surface area (Å²) in [5.41, 5.74) is 0. The lowest BCUT2D eigenvalue weighted by Gasteiger charge is -2.46. The minimum absolute atomic E-state index is 0.265. The van der Waals surface area contributed by atoms with Crippen molar-refractivity contribution in [1.29, 1.82) is 0 Å². The van der Waals surface area contributed by atoms with Crippen LogP contribution in [0.4, 0.5) is 0 Å². The molecule has 0 aliphatic carbocycles. The zero-order valence-electron chi connectivity index (χ0n) is 11.0. The fourth-order valence-corrected chi connectivity index (χ4v) is 5.00. The number of hydrogen-bond donors (Lipinski definition) is 0. The number of β-lactam (4-membered cyclic amide) rings is 1. The van der Waals surface area contributed by atoms with Gasteiger partial charge in [0.15, 0.2) is 0 Å². The molecule has 0 saturated carbocycles. The Morgan fingerprint density at radius 2 is 2.05 bits per heavy atom. The lowest BCUT2D eigenvalue weighted by Crippen LogP contribution is -2.68. The standard InChI is InChI=1S/C11H13ClINO5S/c1-5(15)18-4-19-7(16)6-10(2,3)20-9-11(12,13)8(17)14(6)9/h6,9H,4H2,1-3H3/t6-,9+,11?/m0/s1. The minimum Gasteiger partial charge on any atom is -0.428 e. The first-order valence-corrected chi connectivity index (χ1v) is 8.11. The number of thioether (sulfide) groups is 1. The van der Waals surface area contributed by atoms with E-state index in [-0.39, 0.29) is 11.3 Å². The second kappa shape index (κ2) is 5.20. The highest BCUT2D eigenvalue weighted by Crippen LogP contribution is 2.59. The summed E-state index contributed by atoms with van der Waals surface area (Å²) in [6, 6.07) is -0.734. The lowest BCUT2D eigenvalue weighted by molar-refractivity contribution is -0.174. The molecule has 112 valence electrons. The van der Waals surface area contributed by atoms with E-state index in [1.807, 2.05) is 36.4 Å². The van der Waals surface area contributed by atoms with Crippen molar-refractivity contribution in [2.24, 2.45) is 0 Å². The summed E-state index contributed by atoms with van der Waals surface area (Å²) in [4.78, 5) is 36.2. The molecule has 0 bridgehead atoms. The smallest absolute Gasteiger partial charge is 0.333 e. The molecular formula is C11H13ClINO5S. The van der Waals surface area contributed by atoms with Crippen molar-refractivity contribution in [3.8, 4) is 0 Å². The summed E-state index contributed by atoms with van der Waals surface area (Å²) in [6.07, 6.45) is 0. The number of hydrogen-bond acceptors (Lipinski definition) is 6. The van der Waals surface area contributed by atoms with Gasteiger partial charge in [0, 0.05) is 11.7 Å². The highest BCUT2D eigenvalue weighted by Gasteiger charge is 2.70. The highest BCUT2D eigenvalue weighted by atomic mass is 127. The van der Waals surface area contributed by atoms with Crippen molar-refractivity contribution in [2.75, 3.05) is 6.79 Å². The fourth-order valence-electron chi connectivity index (χ4n) is 2.21. The molecule has 3 atom stereocenters. The third-order valence-electron chi connectivity index (χ3n) is 3.12. The van der Waals surface area contributed by atoms with Gasteiger partial charge in [-0.25, -0.2) is 4.79 Å². The van der Waals surface area contributed by atoms with E-state index < -0.39 is 32.4 Å². The molecule has 1 amide bonds. The molecule has 2 fully saturated rings. The third-order valence-corrected chi connectivity index (χ3v) is 6.73. The Labute approximate surface area is 139 Å². The number of nitrogens with zero attached hydrogens (tertiary/aromatic N) is 1. The first-order valence-electron chi connectivity index (χ1n) is 5.77. The summed E-state index contributed by atoms with van der Waals surface area (Å²) < 4.78 is 7.95. The van der Waals surface area contributed by atoms with Crippen LogP contribution in [0.3, 0.4) is 0 Å². The fraction of sp³-hybridized carbons (Fsp3) is 0.727. The molecule has 2 saturated heterocycles. The lowest BCUT2D eigenvalue weighted by atomic mass is 9.98. The Kier molecular flexibility index (Phi) is 4.20. The molecule has 2 rings (SSSR count). The monoisotopic (exact) mass is 433 g/mol. The Balaban J connectivity index is 2.09. The van der Waals surface area contributed by atoms with Crippen molar-refractivity contribution in [3.63, 3.8) is 0 Å². The molecule has 0 aromatic carbocycles. The van der Waals surface area contributed by atoms with Crippen molar-refractivity contribution < 1.29 is 23.9 Å². The molecule has 20 heavy (non-hydrogen) atoms. The van der Waals surface area contributed by atoms with Crippen molar-refractivity contribution in [3.05, 3.63) is 0 Å². The van der Waals surface area contributed by atoms with E-state index >= 15 is 0 Å². The largest absolute Gasteiger partial charge is 0.428 e. The van der Waals surface area contributed by atoms with E-state index in [0.29, 0.717) is 0 Å². The molecular weight excluding hydrogens is 421 g/mol. The van der Waals surface area contributed by atoms with Crippen LogP contribution in [0.1, 0.15) is 20.8 Å². The maximum absolute atomic E-state index is 12.1. The highest BCUT2D eigenvalue weighted by molar-refractivity contribution is 14.1. The van der Waals surface area contributed by atoms with Gasteiger partial charge in [-0.2, -0.15) is 0 Å². The average molecular weight is 434 g/mol. The number of rotatable bonds is 3. The van der Waals surface area contributed by atoms with Crippen LogP contribution in [0.2, 0.25) is 0 Å². The zero-order valence-corrected chi connectivity index (χ0v) is 14.7. The molecule has 9 heteroatoms. The Morgan fingerprint density at radius 1 is 1.45 bits per heavy atom. The zero-order chi connectivity index (χ0) is 15.3. The number of halogens is 2. The van der Waals surface area contributed by atoms with Crippen LogP contribution in [-0.2, 0) is 23.9 Å². The van der Waals surface area contributed by atoms with Gasteiger partial charge in [-0.05, 0) is 36.4 Å². The van der Waals surface area contributed by atoms with Gasteiger partial charge in [-0.1, -0.05) is 11.6 Å². The number of ether oxygens (including phenoxy) is 2. The molecule has 2 aliphatic heterocycles. The van der Waals surface area contributed by atoms with Crippen molar-refractivity contribution >= 4 is 63.8 Å². The average Bonchev–Trinajstić information content (AvgIpc) is 2.58. The van der Waals surface area contributed by atoms with Gasteiger partial charge in [0.05, 0.1) is 0 Å². The van der Waals surface area contributed by atoms with E-state index in [4.69, 9.17) is 16.3 Å².